The monoisotopic (exact) mass is 278 g/mol. The van der Waals surface area contributed by atoms with Crippen molar-refractivity contribution in [3.8, 4) is 0 Å². The maximum atomic E-state index is 13.4. The van der Waals surface area contributed by atoms with Gasteiger partial charge in [-0.1, -0.05) is 48.0 Å². The lowest BCUT2D eigenvalue weighted by Crippen LogP contribution is -2.30. The van der Waals surface area contributed by atoms with Crippen molar-refractivity contribution in [3.05, 3.63) is 70.5 Å². The second-order valence-corrected chi connectivity index (χ2v) is 5.49. The predicted molar refractivity (Wildman–Crippen MR) is 75.9 cm³/mol. The van der Waals surface area contributed by atoms with Gasteiger partial charge in [0.2, 0.25) is 0 Å². The Bertz CT molecular complexity index is 552. The zero-order valence-electron chi connectivity index (χ0n) is 10.7. The Morgan fingerprint density at radius 1 is 1.05 bits per heavy atom. The van der Waals surface area contributed by atoms with Gasteiger partial charge in [0, 0.05) is 12.8 Å². The molecule has 0 aliphatic heterocycles. The quantitative estimate of drug-likeness (QED) is 0.896. The van der Waals surface area contributed by atoms with Crippen molar-refractivity contribution in [2.75, 3.05) is 0 Å². The van der Waals surface area contributed by atoms with Crippen LogP contribution in [0.5, 0.6) is 0 Å². The maximum Gasteiger partial charge on any atom is 0.142 e. The van der Waals surface area contributed by atoms with E-state index < -0.39 is 11.4 Å². The van der Waals surface area contributed by atoms with Gasteiger partial charge in [-0.2, -0.15) is 0 Å². The molecule has 2 rings (SSSR count). The molecule has 2 aromatic rings. The SMILES string of the molecule is CC(O)(Cc1ccccc1)Cc1ccc(Cl)c(F)c1. The van der Waals surface area contributed by atoms with Crippen LogP contribution in [0.4, 0.5) is 4.39 Å². The van der Waals surface area contributed by atoms with Gasteiger partial charge >= 0.3 is 0 Å². The summed E-state index contributed by atoms with van der Waals surface area (Å²) in [5, 5.41) is 10.5. The highest BCUT2D eigenvalue weighted by Crippen LogP contribution is 2.22. The van der Waals surface area contributed by atoms with Crippen LogP contribution in [-0.2, 0) is 12.8 Å². The third kappa shape index (κ3) is 4.05. The Morgan fingerprint density at radius 3 is 2.32 bits per heavy atom. The molecule has 1 atom stereocenters. The Balaban J connectivity index is 2.10. The number of hydrogen-bond acceptors (Lipinski definition) is 1. The summed E-state index contributed by atoms with van der Waals surface area (Å²) in [6.07, 6.45) is 0.911. The van der Waals surface area contributed by atoms with E-state index in [0.717, 1.165) is 11.1 Å². The van der Waals surface area contributed by atoms with Gasteiger partial charge in [-0.15, -0.1) is 0 Å². The van der Waals surface area contributed by atoms with E-state index in [9.17, 15) is 9.50 Å². The Labute approximate surface area is 117 Å². The lowest BCUT2D eigenvalue weighted by Gasteiger charge is -2.23. The molecule has 0 fully saturated rings. The normalized spacial score (nSPS) is 14.1. The van der Waals surface area contributed by atoms with E-state index >= 15 is 0 Å². The highest BCUT2D eigenvalue weighted by Gasteiger charge is 2.21. The van der Waals surface area contributed by atoms with Crippen molar-refractivity contribution in [2.45, 2.75) is 25.4 Å². The van der Waals surface area contributed by atoms with Crippen LogP contribution < -0.4 is 0 Å². The van der Waals surface area contributed by atoms with Gasteiger partial charge in [-0.3, -0.25) is 0 Å². The molecule has 1 unspecified atom stereocenters. The Kier molecular flexibility index (Phi) is 4.23. The van der Waals surface area contributed by atoms with E-state index in [4.69, 9.17) is 11.6 Å². The van der Waals surface area contributed by atoms with Crippen LogP contribution in [0.25, 0.3) is 0 Å². The topological polar surface area (TPSA) is 20.2 Å². The minimum atomic E-state index is -0.915. The molecule has 0 aromatic heterocycles. The van der Waals surface area contributed by atoms with Gasteiger partial charge in [0.05, 0.1) is 10.6 Å². The van der Waals surface area contributed by atoms with E-state index in [1.54, 1.807) is 13.0 Å². The third-order valence-corrected chi connectivity index (χ3v) is 3.30. The summed E-state index contributed by atoms with van der Waals surface area (Å²) in [6, 6.07) is 14.4. The maximum absolute atomic E-state index is 13.4. The van der Waals surface area contributed by atoms with Crippen LogP contribution in [0.1, 0.15) is 18.1 Å². The minimum absolute atomic E-state index is 0.103. The van der Waals surface area contributed by atoms with Gasteiger partial charge in [0.25, 0.3) is 0 Å². The van der Waals surface area contributed by atoms with Gasteiger partial charge < -0.3 is 5.11 Å². The number of aliphatic hydroxyl groups is 1. The number of rotatable bonds is 4. The van der Waals surface area contributed by atoms with Crippen molar-refractivity contribution in [2.24, 2.45) is 0 Å². The van der Waals surface area contributed by atoms with Crippen LogP contribution in [-0.4, -0.2) is 10.7 Å². The summed E-state index contributed by atoms with van der Waals surface area (Å²) < 4.78 is 13.4. The molecular weight excluding hydrogens is 263 g/mol. The molecule has 0 amide bonds. The Hall–Kier alpha value is -1.38. The van der Waals surface area contributed by atoms with Crippen molar-refractivity contribution < 1.29 is 9.50 Å². The lowest BCUT2D eigenvalue weighted by molar-refractivity contribution is 0.0608. The molecule has 0 saturated heterocycles. The van der Waals surface area contributed by atoms with E-state index in [1.807, 2.05) is 30.3 Å². The second kappa shape index (κ2) is 5.72. The summed E-state index contributed by atoms with van der Waals surface area (Å²) in [5.41, 5.74) is 0.881. The second-order valence-electron chi connectivity index (χ2n) is 5.08. The van der Waals surface area contributed by atoms with Gasteiger partial charge in [-0.05, 0) is 30.2 Å². The standard InChI is InChI=1S/C16H16ClFO/c1-16(19,10-12-5-3-2-4-6-12)11-13-7-8-14(17)15(18)9-13/h2-9,19H,10-11H2,1H3. The summed E-state index contributed by atoms with van der Waals surface area (Å²) in [4.78, 5) is 0. The molecule has 0 spiro atoms. The molecule has 2 aromatic carbocycles. The zero-order valence-corrected chi connectivity index (χ0v) is 11.5. The molecule has 3 heteroatoms. The van der Waals surface area contributed by atoms with Crippen LogP contribution in [0.2, 0.25) is 5.02 Å². The molecule has 19 heavy (non-hydrogen) atoms. The first-order chi connectivity index (χ1) is 8.96. The molecule has 0 aliphatic rings. The first-order valence-electron chi connectivity index (χ1n) is 6.16. The van der Waals surface area contributed by atoms with Crippen LogP contribution in [0, 0.1) is 5.82 Å². The zero-order chi connectivity index (χ0) is 13.9. The number of halogens is 2. The van der Waals surface area contributed by atoms with E-state index in [2.05, 4.69) is 0 Å². The summed E-state index contributed by atoms with van der Waals surface area (Å²) >= 11 is 5.64. The fourth-order valence-electron chi connectivity index (χ4n) is 2.19. The largest absolute Gasteiger partial charge is 0.389 e. The van der Waals surface area contributed by atoms with Crippen molar-refractivity contribution >= 4 is 11.6 Å². The van der Waals surface area contributed by atoms with Gasteiger partial charge in [0.1, 0.15) is 5.82 Å². The number of benzene rings is 2. The third-order valence-electron chi connectivity index (χ3n) is 3.00. The molecule has 0 saturated carbocycles. The van der Waals surface area contributed by atoms with Gasteiger partial charge in [0.15, 0.2) is 0 Å². The van der Waals surface area contributed by atoms with Crippen LogP contribution in [0.3, 0.4) is 0 Å². The highest BCUT2D eigenvalue weighted by molar-refractivity contribution is 6.30. The van der Waals surface area contributed by atoms with E-state index in [0.29, 0.717) is 12.8 Å². The highest BCUT2D eigenvalue weighted by atomic mass is 35.5. The first kappa shape index (κ1) is 14.0. The van der Waals surface area contributed by atoms with Crippen molar-refractivity contribution in [1.82, 2.24) is 0 Å². The van der Waals surface area contributed by atoms with Crippen molar-refractivity contribution in [3.63, 3.8) is 0 Å². The molecule has 0 bridgehead atoms. The Morgan fingerprint density at radius 2 is 1.68 bits per heavy atom. The molecule has 100 valence electrons. The minimum Gasteiger partial charge on any atom is -0.389 e. The summed E-state index contributed by atoms with van der Waals surface area (Å²) in [5.74, 6) is -0.449. The molecule has 0 radical (unpaired) electrons. The predicted octanol–water partition coefficient (Wildman–Crippen LogP) is 4.02. The molecule has 1 N–H and O–H groups in total. The van der Waals surface area contributed by atoms with E-state index in [1.165, 1.54) is 12.1 Å². The molecular formula is C16H16ClFO. The fourth-order valence-corrected chi connectivity index (χ4v) is 2.31. The van der Waals surface area contributed by atoms with Gasteiger partial charge in [-0.25, -0.2) is 4.39 Å². The van der Waals surface area contributed by atoms with E-state index in [-0.39, 0.29) is 5.02 Å². The first-order valence-corrected chi connectivity index (χ1v) is 6.54. The average Bonchev–Trinajstić information content (AvgIpc) is 2.34. The number of hydrogen-bond donors (Lipinski definition) is 1. The van der Waals surface area contributed by atoms with Crippen LogP contribution >= 0.6 is 11.6 Å². The summed E-state index contributed by atoms with van der Waals surface area (Å²) in [7, 11) is 0. The average molecular weight is 279 g/mol. The van der Waals surface area contributed by atoms with Crippen LogP contribution in [0.15, 0.2) is 48.5 Å². The molecule has 0 aliphatic carbocycles. The lowest BCUT2D eigenvalue weighted by atomic mass is 9.90. The fraction of sp³-hybridized carbons (Fsp3) is 0.250. The molecule has 1 nitrogen and oxygen atoms in total. The molecule has 0 heterocycles. The van der Waals surface area contributed by atoms with Crippen molar-refractivity contribution in [1.29, 1.82) is 0 Å². The smallest absolute Gasteiger partial charge is 0.142 e. The summed E-state index contributed by atoms with van der Waals surface area (Å²) in [6.45, 7) is 1.76.